The van der Waals surface area contributed by atoms with E-state index in [-0.39, 0.29) is 6.61 Å². The molecular formula is C21H21N5O. The number of benzene rings is 2. The molecule has 0 saturated carbocycles. The summed E-state index contributed by atoms with van der Waals surface area (Å²) in [5, 5.41) is 14.9. The van der Waals surface area contributed by atoms with Gasteiger partial charge in [0.15, 0.2) is 5.65 Å². The quantitative estimate of drug-likeness (QED) is 0.573. The van der Waals surface area contributed by atoms with Crippen LogP contribution in [-0.4, -0.2) is 38.0 Å². The molecule has 1 N–H and O–H groups in total. The van der Waals surface area contributed by atoms with Gasteiger partial charge < -0.3 is 10.0 Å². The predicted molar refractivity (Wildman–Crippen MR) is 106 cm³/mol. The van der Waals surface area contributed by atoms with E-state index in [0.29, 0.717) is 13.1 Å². The Morgan fingerprint density at radius 1 is 1.00 bits per heavy atom. The maximum atomic E-state index is 9.55. The van der Waals surface area contributed by atoms with Crippen LogP contribution in [0.2, 0.25) is 0 Å². The number of hydrogen-bond acceptors (Lipinski definition) is 5. The molecule has 0 spiro atoms. The second-order valence-corrected chi connectivity index (χ2v) is 6.46. The largest absolute Gasteiger partial charge is 0.395 e. The Kier molecular flexibility index (Phi) is 4.80. The maximum absolute atomic E-state index is 9.55. The standard InChI is InChI=1S/C21H21N5O/c1-16-7-9-18(10-8-16)26-21-19(13-24-26)20(22-15-23-21)25(11-12-27)14-17-5-3-2-4-6-17/h2-10,13,15,27H,11-12,14H2,1H3. The minimum atomic E-state index is 0.0461. The molecule has 4 rings (SSSR count). The molecule has 27 heavy (non-hydrogen) atoms. The van der Waals surface area contributed by atoms with E-state index in [1.165, 1.54) is 5.56 Å². The third-order valence-electron chi connectivity index (χ3n) is 4.51. The van der Waals surface area contributed by atoms with E-state index in [1.54, 1.807) is 12.5 Å². The van der Waals surface area contributed by atoms with Gasteiger partial charge in [0.05, 0.1) is 23.9 Å². The number of aromatic nitrogens is 4. The molecular weight excluding hydrogens is 338 g/mol. The fourth-order valence-electron chi connectivity index (χ4n) is 3.14. The summed E-state index contributed by atoms with van der Waals surface area (Å²) in [7, 11) is 0. The Hall–Kier alpha value is -3.25. The van der Waals surface area contributed by atoms with Crippen LogP contribution in [0.1, 0.15) is 11.1 Å². The van der Waals surface area contributed by atoms with Gasteiger partial charge in [0.25, 0.3) is 0 Å². The van der Waals surface area contributed by atoms with Gasteiger partial charge in [0.2, 0.25) is 0 Å². The molecule has 0 aliphatic rings. The van der Waals surface area contributed by atoms with Crippen molar-refractivity contribution in [3.8, 4) is 5.69 Å². The summed E-state index contributed by atoms with van der Waals surface area (Å²) in [5.41, 5.74) is 4.06. The summed E-state index contributed by atoms with van der Waals surface area (Å²) in [6.07, 6.45) is 3.35. The molecule has 4 aromatic rings. The van der Waals surface area contributed by atoms with Gasteiger partial charge in [-0.05, 0) is 24.6 Å². The molecule has 0 atom stereocenters. The van der Waals surface area contributed by atoms with Crippen LogP contribution < -0.4 is 4.90 Å². The summed E-state index contributed by atoms with van der Waals surface area (Å²) < 4.78 is 1.82. The van der Waals surface area contributed by atoms with Gasteiger partial charge in [-0.25, -0.2) is 14.6 Å². The lowest BCUT2D eigenvalue weighted by Gasteiger charge is -2.23. The molecule has 2 aromatic heterocycles. The number of aryl methyl sites for hydroxylation is 1. The molecule has 0 bridgehead atoms. The summed E-state index contributed by atoms with van der Waals surface area (Å²) in [4.78, 5) is 11.0. The average Bonchev–Trinajstić information content (AvgIpc) is 3.13. The summed E-state index contributed by atoms with van der Waals surface area (Å²) in [6.45, 7) is 3.24. The Labute approximate surface area is 157 Å². The van der Waals surface area contributed by atoms with Gasteiger partial charge in [-0.15, -0.1) is 0 Å². The molecule has 0 radical (unpaired) electrons. The average molecular weight is 359 g/mol. The van der Waals surface area contributed by atoms with Crippen molar-refractivity contribution in [1.29, 1.82) is 0 Å². The first-order valence-corrected chi connectivity index (χ1v) is 8.92. The predicted octanol–water partition coefficient (Wildman–Crippen LogP) is 3.12. The molecule has 0 amide bonds. The third kappa shape index (κ3) is 3.52. The second-order valence-electron chi connectivity index (χ2n) is 6.46. The molecule has 6 heteroatoms. The molecule has 6 nitrogen and oxygen atoms in total. The van der Waals surface area contributed by atoms with Gasteiger partial charge in [-0.1, -0.05) is 48.0 Å². The van der Waals surface area contributed by atoms with Crippen LogP contribution in [-0.2, 0) is 6.54 Å². The zero-order valence-corrected chi connectivity index (χ0v) is 15.2. The van der Waals surface area contributed by atoms with Crippen molar-refractivity contribution in [3.63, 3.8) is 0 Å². The van der Waals surface area contributed by atoms with Crippen molar-refractivity contribution >= 4 is 16.9 Å². The van der Waals surface area contributed by atoms with Crippen LogP contribution >= 0.6 is 0 Å². The Bertz CT molecular complexity index is 1030. The highest BCUT2D eigenvalue weighted by molar-refractivity contribution is 5.87. The fraction of sp³-hybridized carbons (Fsp3) is 0.190. The first-order valence-electron chi connectivity index (χ1n) is 8.92. The van der Waals surface area contributed by atoms with Gasteiger partial charge in [0.1, 0.15) is 12.1 Å². The van der Waals surface area contributed by atoms with Crippen molar-refractivity contribution in [2.75, 3.05) is 18.1 Å². The highest BCUT2D eigenvalue weighted by atomic mass is 16.3. The van der Waals surface area contributed by atoms with Gasteiger partial charge in [-0.2, -0.15) is 5.10 Å². The second kappa shape index (κ2) is 7.55. The number of nitrogens with zero attached hydrogens (tertiary/aromatic N) is 5. The highest BCUT2D eigenvalue weighted by Gasteiger charge is 2.16. The number of rotatable bonds is 6. The van der Waals surface area contributed by atoms with Crippen LogP contribution in [0, 0.1) is 6.92 Å². The molecule has 0 unspecified atom stereocenters. The SMILES string of the molecule is Cc1ccc(-n2ncc3c(N(CCO)Cc4ccccc4)ncnc32)cc1. The molecule has 0 aliphatic carbocycles. The number of hydrogen-bond donors (Lipinski definition) is 1. The third-order valence-corrected chi connectivity index (χ3v) is 4.51. The van der Waals surface area contributed by atoms with E-state index < -0.39 is 0 Å². The van der Waals surface area contributed by atoms with Crippen molar-refractivity contribution in [1.82, 2.24) is 19.7 Å². The van der Waals surface area contributed by atoms with Gasteiger partial charge in [-0.3, -0.25) is 0 Å². The number of aliphatic hydroxyl groups excluding tert-OH is 1. The minimum Gasteiger partial charge on any atom is -0.395 e. The maximum Gasteiger partial charge on any atom is 0.168 e. The molecule has 2 aromatic carbocycles. The van der Waals surface area contributed by atoms with Crippen LogP contribution in [0.4, 0.5) is 5.82 Å². The zero-order chi connectivity index (χ0) is 18.6. The molecule has 2 heterocycles. The Morgan fingerprint density at radius 3 is 2.52 bits per heavy atom. The Balaban J connectivity index is 1.75. The van der Waals surface area contributed by atoms with Crippen molar-refractivity contribution in [2.45, 2.75) is 13.5 Å². The molecule has 0 aliphatic heterocycles. The van der Waals surface area contributed by atoms with Crippen LogP contribution in [0.3, 0.4) is 0 Å². The van der Waals surface area contributed by atoms with E-state index in [2.05, 4.69) is 51.2 Å². The van der Waals surface area contributed by atoms with E-state index in [9.17, 15) is 5.11 Å². The molecule has 136 valence electrons. The zero-order valence-electron chi connectivity index (χ0n) is 15.2. The van der Waals surface area contributed by atoms with Gasteiger partial charge in [0, 0.05) is 13.1 Å². The number of fused-ring (bicyclic) bond motifs is 1. The molecule has 0 fully saturated rings. The van der Waals surface area contributed by atoms with Gasteiger partial charge >= 0.3 is 0 Å². The van der Waals surface area contributed by atoms with E-state index in [1.807, 2.05) is 35.0 Å². The number of aliphatic hydroxyl groups is 1. The van der Waals surface area contributed by atoms with E-state index >= 15 is 0 Å². The van der Waals surface area contributed by atoms with Crippen LogP contribution in [0.25, 0.3) is 16.7 Å². The van der Waals surface area contributed by atoms with Crippen molar-refractivity contribution in [2.24, 2.45) is 0 Å². The van der Waals surface area contributed by atoms with Crippen LogP contribution in [0.15, 0.2) is 67.1 Å². The van der Waals surface area contributed by atoms with E-state index in [0.717, 1.165) is 28.1 Å². The fourth-order valence-corrected chi connectivity index (χ4v) is 3.14. The summed E-state index contributed by atoms with van der Waals surface area (Å²) in [6, 6.07) is 18.3. The topological polar surface area (TPSA) is 67.1 Å². The van der Waals surface area contributed by atoms with Crippen LogP contribution in [0.5, 0.6) is 0 Å². The van der Waals surface area contributed by atoms with Crippen molar-refractivity contribution < 1.29 is 5.11 Å². The first kappa shape index (κ1) is 17.2. The lowest BCUT2D eigenvalue weighted by molar-refractivity contribution is 0.301. The summed E-state index contributed by atoms with van der Waals surface area (Å²) in [5.74, 6) is 0.774. The minimum absolute atomic E-state index is 0.0461. The Morgan fingerprint density at radius 2 is 1.78 bits per heavy atom. The lowest BCUT2D eigenvalue weighted by atomic mass is 10.2. The molecule has 0 saturated heterocycles. The highest BCUT2D eigenvalue weighted by Crippen LogP contribution is 2.25. The normalized spacial score (nSPS) is 11.0. The first-order chi connectivity index (χ1) is 13.3. The lowest BCUT2D eigenvalue weighted by Crippen LogP contribution is -2.27. The monoisotopic (exact) mass is 359 g/mol. The van der Waals surface area contributed by atoms with Crippen molar-refractivity contribution in [3.05, 3.63) is 78.2 Å². The smallest absolute Gasteiger partial charge is 0.168 e. The number of anilines is 1. The van der Waals surface area contributed by atoms with E-state index in [4.69, 9.17) is 0 Å². The summed E-state index contributed by atoms with van der Waals surface area (Å²) >= 11 is 0.